The number of ether oxygens (including phenoxy) is 2. The number of hydrogen-bond donors (Lipinski definition) is 1. The zero-order valence-corrected chi connectivity index (χ0v) is 16.8. The van der Waals surface area contributed by atoms with E-state index in [-0.39, 0.29) is 12.0 Å². The number of hydrazone groups is 1. The lowest BCUT2D eigenvalue weighted by Crippen LogP contribution is -2.19. The number of amides is 1. The molecule has 29 heavy (non-hydrogen) atoms. The molecule has 3 rings (SSSR count). The van der Waals surface area contributed by atoms with Crippen LogP contribution in [-0.2, 0) is 0 Å². The molecule has 1 amide bonds. The van der Waals surface area contributed by atoms with Gasteiger partial charge >= 0.3 is 0 Å². The molecule has 1 aromatic heterocycles. The quantitative estimate of drug-likeness (QED) is 0.492. The minimum Gasteiger partial charge on any atom is -0.493 e. The van der Waals surface area contributed by atoms with E-state index in [1.54, 1.807) is 29.2 Å². The summed E-state index contributed by atoms with van der Waals surface area (Å²) in [4.78, 5) is 16.4. The van der Waals surface area contributed by atoms with Crippen molar-refractivity contribution in [1.82, 2.24) is 20.2 Å². The fraction of sp³-hybridized carbons (Fsp3) is 0.238. The first-order valence-corrected chi connectivity index (χ1v) is 9.12. The van der Waals surface area contributed by atoms with Crippen molar-refractivity contribution in [2.45, 2.75) is 26.9 Å². The molecule has 1 N–H and O–H groups in total. The van der Waals surface area contributed by atoms with Gasteiger partial charge < -0.3 is 9.47 Å². The number of nitrogens with one attached hydrogen (secondary N) is 1. The molecule has 0 bridgehead atoms. The maximum atomic E-state index is 12.5. The van der Waals surface area contributed by atoms with Crippen LogP contribution in [0.25, 0.3) is 5.69 Å². The van der Waals surface area contributed by atoms with Gasteiger partial charge in [-0.15, -0.1) is 0 Å². The minimum absolute atomic E-state index is 0.00627. The van der Waals surface area contributed by atoms with Crippen LogP contribution in [0.15, 0.2) is 60.2 Å². The molecule has 0 unspecified atom stereocenters. The highest BCUT2D eigenvalue weighted by atomic mass is 16.5. The first kappa shape index (κ1) is 20.1. The Morgan fingerprint density at radius 3 is 2.45 bits per heavy atom. The monoisotopic (exact) mass is 393 g/mol. The van der Waals surface area contributed by atoms with Crippen molar-refractivity contribution in [3.05, 3.63) is 66.2 Å². The third kappa shape index (κ3) is 4.98. The van der Waals surface area contributed by atoms with Gasteiger partial charge in [0.05, 0.1) is 24.6 Å². The lowest BCUT2D eigenvalue weighted by molar-refractivity contribution is 0.0954. The Balaban J connectivity index is 1.69. The Labute approximate surface area is 169 Å². The second-order valence-electron chi connectivity index (χ2n) is 6.56. The smallest absolute Gasteiger partial charge is 0.271 e. The Morgan fingerprint density at radius 1 is 1.10 bits per heavy atom. The van der Waals surface area contributed by atoms with Gasteiger partial charge in [0.15, 0.2) is 11.5 Å². The first-order valence-electron chi connectivity index (χ1n) is 9.12. The van der Waals surface area contributed by atoms with Crippen molar-refractivity contribution in [3.63, 3.8) is 0 Å². The highest BCUT2D eigenvalue weighted by Crippen LogP contribution is 2.28. The number of aromatic nitrogens is 3. The molecule has 0 spiro atoms. The molecule has 2 aromatic carbocycles. The van der Waals surface area contributed by atoms with Gasteiger partial charge in [0.2, 0.25) is 0 Å². The van der Waals surface area contributed by atoms with E-state index in [4.69, 9.17) is 9.47 Å². The van der Waals surface area contributed by atoms with Crippen LogP contribution in [0.2, 0.25) is 0 Å². The van der Waals surface area contributed by atoms with E-state index >= 15 is 0 Å². The number of carbonyl (C=O) groups is 1. The number of carbonyl (C=O) groups excluding carboxylic acids is 1. The van der Waals surface area contributed by atoms with Crippen LogP contribution >= 0.6 is 0 Å². The molecule has 150 valence electrons. The fourth-order valence-corrected chi connectivity index (χ4v) is 2.62. The van der Waals surface area contributed by atoms with Crippen LogP contribution < -0.4 is 14.9 Å². The van der Waals surface area contributed by atoms with Crippen molar-refractivity contribution < 1.29 is 14.3 Å². The van der Waals surface area contributed by atoms with Gasteiger partial charge in [-0.1, -0.05) is 12.1 Å². The van der Waals surface area contributed by atoms with E-state index in [0.717, 1.165) is 11.3 Å². The van der Waals surface area contributed by atoms with E-state index in [1.807, 2.05) is 45.0 Å². The van der Waals surface area contributed by atoms with Crippen LogP contribution in [0.1, 0.15) is 36.7 Å². The fourth-order valence-electron chi connectivity index (χ4n) is 2.62. The standard InChI is InChI=1S/C21H23N5O3/c1-14(2)29-19-10-7-17(11-20(19)28-4)21(27)25-24-15(3)16-5-8-18(9-6-16)26-13-22-12-23-26/h5-14H,1-4H3,(H,25,27)/b24-15+. The third-order valence-corrected chi connectivity index (χ3v) is 4.08. The second kappa shape index (κ2) is 9.01. The molecule has 0 fully saturated rings. The number of methoxy groups -OCH3 is 1. The molecular formula is C21H23N5O3. The topological polar surface area (TPSA) is 90.6 Å². The second-order valence-corrected chi connectivity index (χ2v) is 6.56. The zero-order valence-electron chi connectivity index (χ0n) is 16.8. The molecule has 0 aliphatic heterocycles. The average molecular weight is 393 g/mol. The van der Waals surface area contributed by atoms with Gasteiger partial charge in [-0.05, 0) is 56.7 Å². The third-order valence-electron chi connectivity index (χ3n) is 4.08. The van der Waals surface area contributed by atoms with Crippen molar-refractivity contribution in [2.75, 3.05) is 7.11 Å². The van der Waals surface area contributed by atoms with E-state index in [1.165, 1.54) is 13.4 Å². The Hall–Kier alpha value is -3.68. The summed E-state index contributed by atoms with van der Waals surface area (Å²) >= 11 is 0. The summed E-state index contributed by atoms with van der Waals surface area (Å²) in [7, 11) is 1.54. The highest BCUT2D eigenvalue weighted by molar-refractivity contribution is 6.01. The van der Waals surface area contributed by atoms with Gasteiger partial charge in [0.25, 0.3) is 5.91 Å². The molecular weight excluding hydrogens is 370 g/mol. The molecule has 8 nitrogen and oxygen atoms in total. The number of hydrogen-bond acceptors (Lipinski definition) is 6. The lowest BCUT2D eigenvalue weighted by Gasteiger charge is -2.14. The van der Waals surface area contributed by atoms with Crippen LogP contribution in [0.5, 0.6) is 11.5 Å². The van der Waals surface area contributed by atoms with E-state index in [9.17, 15) is 4.79 Å². The molecule has 0 saturated heterocycles. The van der Waals surface area contributed by atoms with Crippen LogP contribution in [0.4, 0.5) is 0 Å². The van der Waals surface area contributed by atoms with E-state index in [2.05, 4.69) is 20.6 Å². The van der Waals surface area contributed by atoms with E-state index < -0.39 is 0 Å². The predicted molar refractivity (Wildman–Crippen MR) is 110 cm³/mol. The Bertz CT molecular complexity index is 996. The summed E-state index contributed by atoms with van der Waals surface area (Å²) in [5.74, 6) is 0.750. The van der Waals surface area contributed by atoms with Crippen molar-refractivity contribution in [1.29, 1.82) is 0 Å². The first-order chi connectivity index (χ1) is 14.0. The summed E-state index contributed by atoms with van der Waals surface area (Å²) in [6, 6.07) is 12.6. The largest absolute Gasteiger partial charge is 0.493 e. The average Bonchev–Trinajstić information content (AvgIpc) is 3.26. The number of benzene rings is 2. The minimum atomic E-state index is -0.335. The van der Waals surface area contributed by atoms with Gasteiger partial charge in [-0.25, -0.2) is 15.1 Å². The molecule has 1 heterocycles. The lowest BCUT2D eigenvalue weighted by atomic mass is 10.1. The van der Waals surface area contributed by atoms with Gasteiger partial charge in [0.1, 0.15) is 12.7 Å². The van der Waals surface area contributed by atoms with Crippen molar-refractivity contribution >= 4 is 11.6 Å². The number of nitrogens with zero attached hydrogens (tertiary/aromatic N) is 4. The van der Waals surface area contributed by atoms with Gasteiger partial charge in [-0.3, -0.25) is 4.79 Å². The summed E-state index contributed by atoms with van der Waals surface area (Å²) in [6.07, 6.45) is 3.11. The highest BCUT2D eigenvalue weighted by Gasteiger charge is 2.12. The van der Waals surface area contributed by atoms with Crippen molar-refractivity contribution in [3.8, 4) is 17.2 Å². The normalized spacial score (nSPS) is 11.4. The van der Waals surface area contributed by atoms with Gasteiger partial charge in [0, 0.05) is 5.56 Å². The maximum Gasteiger partial charge on any atom is 0.271 e. The van der Waals surface area contributed by atoms with Crippen molar-refractivity contribution in [2.24, 2.45) is 5.10 Å². The molecule has 3 aromatic rings. The molecule has 0 aliphatic carbocycles. The Kier molecular flexibility index (Phi) is 6.23. The summed E-state index contributed by atoms with van der Waals surface area (Å²) in [6.45, 7) is 5.68. The SMILES string of the molecule is COc1cc(C(=O)N/N=C(\C)c2ccc(-n3cncn3)cc2)ccc1OC(C)C. The van der Waals surface area contributed by atoms with E-state index in [0.29, 0.717) is 22.8 Å². The summed E-state index contributed by atoms with van der Waals surface area (Å²) < 4.78 is 12.7. The predicted octanol–water partition coefficient (Wildman–Crippen LogP) is 3.22. The molecule has 0 aliphatic rings. The zero-order chi connectivity index (χ0) is 20.8. The molecule has 0 atom stereocenters. The summed E-state index contributed by atoms with van der Waals surface area (Å²) in [5.41, 5.74) is 5.45. The molecule has 0 saturated carbocycles. The molecule has 0 radical (unpaired) electrons. The molecule has 8 heteroatoms. The summed E-state index contributed by atoms with van der Waals surface area (Å²) in [5, 5.41) is 8.29. The van der Waals surface area contributed by atoms with Crippen LogP contribution in [0.3, 0.4) is 0 Å². The Morgan fingerprint density at radius 2 is 1.83 bits per heavy atom. The maximum absolute atomic E-state index is 12.5. The van der Waals surface area contributed by atoms with Crippen LogP contribution in [0, 0.1) is 0 Å². The number of rotatable bonds is 7. The van der Waals surface area contributed by atoms with Gasteiger partial charge in [-0.2, -0.15) is 10.2 Å². The van der Waals surface area contributed by atoms with Crippen LogP contribution in [-0.4, -0.2) is 39.6 Å².